The first kappa shape index (κ1) is 10.8. The lowest BCUT2D eigenvalue weighted by atomic mass is 10.1. The number of hydrogen-bond acceptors (Lipinski definition) is 4. The Kier molecular flexibility index (Phi) is 3.21. The highest BCUT2D eigenvalue weighted by atomic mass is 79.9. The van der Waals surface area contributed by atoms with Crippen molar-refractivity contribution >= 4 is 21.7 Å². The number of aromatic nitrogens is 2. The molecule has 1 aliphatic rings. The van der Waals surface area contributed by atoms with Gasteiger partial charge in [0.05, 0.1) is 30.6 Å². The fourth-order valence-corrected chi connectivity index (χ4v) is 2.02. The first-order valence-corrected chi connectivity index (χ1v) is 5.84. The molecule has 4 nitrogen and oxygen atoms in total. The van der Waals surface area contributed by atoms with Gasteiger partial charge in [-0.15, -0.1) is 0 Å². The lowest BCUT2D eigenvalue weighted by Gasteiger charge is -2.15. The molecule has 1 aromatic rings. The molecule has 0 radical (unpaired) electrons. The minimum Gasteiger partial charge on any atom is -0.373 e. The zero-order valence-corrected chi connectivity index (χ0v) is 10.4. The summed E-state index contributed by atoms with van der Waals surface area (Å²) in [7, 11) is 0. The van der Waals surface area contributed by atoms with Crippen molar-refractivity contribution in [1.29, 1.82) is 0 Å². The number of anilines is 1. The number of ether oxygens (including phenoxy) is 1. The molecule has 1 saturated heterocycles. The van der Waals surface area contributed by atoms with Gasteiger partial charge >= 0.3 is 0 Å². The van der Waals surface area contributed by atoms with Gasteiger partial charge in [0, 0.05) is 0 Å². The molecule has 15 heavy (non-hydrogen) atoms. The average molecular weight is 272 g/mol. The van der Waals surface area contributed by atoms with Gasteiger partial charge in [-0.1, -0.05) is 0 Å². The number of nitrogens with one attached hydrogen (secondary N) is 1. The van der Waals surface area contributed by atoms with Gasteiger partial charge in [-0.2, -0.15) is 0 Å². The lowest BCUT2D eigenvalue weighted by molar-refractivity contribution is 0.0650. The maximum Gasteiger partial charge on any atom is 0.144 e. The third kappa shape index (κ3) is 2.66. The zero-order chi connectivity index (χ0) is 10.8. The molecule has 1 N–H and O–H groups in total. The van der Waals surface area contributed by atoms with Crippen LogP contribution in [-0.4, -0.2) is 28.2 Å². The molecule has 1 aromatic heterocycles. The minimum atomic E-state index is 0.227. The summed E-state index contributed by atoms with van der Waals surface area (Å²) < 4.78 is 6.40. The Balaban J connectivity index is 2.00. The van der Waals surface area contributed by atoms with E-state index in [1.165, 1.54) is 0 Å². The summed E-state index contributed by atoms with van der Waals surface area (Å²) in [6.07, 6.45) is 4.97. The smallest absolute Gasteiger partial charge is 0.144 e. The number of nitrogens with zero attached hydrogens (tertiary/aromatic N) is 2. The maximum atomic E-state index is 5.65. The van der Waals surface area contributed by atoms with Crippen LogP contribution in [-0.2, 0) is 4.74 Å². The Hall–Kier alpha value is -0.680. The van der Waals surface area contributed by atoms with Crippen LogP contribution in [0.2, 0.25) is 0 Å². The van der Waals surface area contributed by atoms with Gasteiger partial charge in [-0.05, 0) is 36.2 Å². The van der Waals surface area contributed by atoms with Crippen molar-refractivity contribution in [3.63, 3.8) is 0 Å². The third-order valence-corrected chi connectivity index (χ3v) is 2.96. The van der Waals surface area contributed by atoms with Crippen LogP contribution in [0.1, 0.15) is 20.3 Å². The van der Waals surface area contributed by atoms with Crippen molar-refractivity contribution in [2.45, 2.75) is 38.5 Å². The van der Waals surface area contributed by atoms with Crippen molar-refractivity contribution in [3.05, 3.63) is 17.0 Å². The summed E-state index contributed by atoms with van der Waals surface area (Å²) in [5, 5.41) is 3.33. The second kappa shape index (κ2) is 4.45. The van der Waals surface area contributed by atoms with E-state index < -0.39 is 0 Å². The Labute approximate surface area is 97.6 Å². The molecule has 0 saturated carbocycles. The highest BCUT2D eigenvalue weighted by molar-refractivity contribution is 9.10. The van der Waals surface area contributed by atoms with Crippen LogP contribution in [0, 0.1) is 0 Å². The van der Waals surface area contributed by atoms with E-state index in [9.17, 15) is 0 Å². The van der Waals surface area contributed by atoms with E-state index in [1.54, 1.807) is 12.4 Å². The molecule has 3 atom stereocenters. The fraction of sp³-hybridized carbons (Fsp3) is 0.600. The largest absolute Gasteiger partial charge is 0.373 e. The van der Waals surface area contributed by atoms with E-state index >= 15 is 0 Å². The van der Waals surface area contributed by atoms with Crippen molar-refractivity contribution in [1.82, 2.24) is 9.97 Å². The lowest BCUT2D eigenvalue weighted by Crippen LogP contribution is -2.27. The van der Waals surface area contributed by atoms with Gasteiger partial charge < -0.3 is 10.1 Å². The van der Waals surface area contributed by atoms with E-state index in [1.807, 2.05) is 0 Å². The topological polar surface area (TPSA) is 47.0 Å². The quantitative estimate of drug-likeness (QED) is 0.896. The molecule has 0 aliphatic carbocycles. The number of rotatable bonds is 2. The Bertz CT molecular complexity index is 330. The van der Waals surface area contributed by atoms with Gasteiger partial charge in [-0.3, -0.25) is 0 Å². The molecule has 0 amide bonds. The zero-order valence-electron chi connectivity index (χ0n) is 8.77. The van der Waals surface area contributed by atoms with Crippen LogP contribution in [0.5, 0.6) is 0 Å². The molecule has 0 aromatic carbocycles. The average Bonchev–Trinajstić information content (AvgIpc) is 2.49. The molecule has 2 heterocycles. The highest BCUT2D eigenvalue weighted by Crippen LogP contribution is 2.22. The van der Waals surface area contributed by atoms with E-state index in [4.69, 9.17) is 4.74 Å². The summed E-state index contributed by atoms with van der Waals surface area (Å²) >= 11 is 3.25. The van der Waals surface area contributed by atoms with Gasteiger partial charge in [0.15, 0.2) is 0 Å². The van der Waals surface area contributed by atoms with Crippen molar-refractivity contribution in [2.75, 3.05) is 5.32 Å². The van der Waals surface area contributed by atoms with E-state index in [-0.39, 0.29) is 6.10 Å². The molecule has 1 fully saturated rings. The second-order valence-corrected chi connectivity index (χ2v) is 4.68. The first-order chi connectivity index (χ1) is 7.15. The fourth-order valence-electron chi connectivity index (χ4n) is 1.82. The van der Waals surface area contributed by atoms with Gasteiger partial charge in [-0.25, -0.2) is 9.97 Å². The van der Waals surface area contributed by atoms with Crippen molar-refractivity contribution < 1.29 is 4.74 Å². The predicted octanol–water partition coefficient (Wildman–Crippen LogP) is 2.22. The van der Waals surface area contributed by atoms with Crippen molar-refractivity contribution in [3.8, 4) is 0 Å². The Morgan fingerprint density at radius 1 is 1.40 bits per heavy atom. The normalized spacial score (nSPS) is 30.5. The van der Waals surface area contributed by atoms with Crippen LogP contribution in [0.15, 0.2) is 17.0 Å². The molecule has 2 rings (SSSR count). The van der Waals surface area contributed by atoms with Crippen LogP contribution in [0.3, 0.4) is 0 Å². The molecule has 0 spiro atoms. The summed E-state index contributed by atoms with van der Waals surface area (Å²) in [4.78, 5) is 8.34. The summed E-state index contributed by atoms with van der Waals surface area (Å²) in [5.41, 5.74) is 0. The number of hydrogen-bond donors (Lipinski definition) is 1. The standard InChI is InChI=1S/C10H14BrN3O/c1-6-3-8(7(2)15-6)14-10-5-12-9(11)4-13-10/h4-8H,3H2,1-2H3,(H,13,14). The summed E-state index contributed by atoms with van der Waals surface area (Å²) in [6, 6.07) is 0.329. The van der Waals surface area contributed by atoms with Gasteiger partial charge in [0.2, 0.25) is 0 Å². The number of halogens is 1. The van der Waals surface area contributed by atoms with Gasteiger partial charge in [0.25, 0.3) is 0 Å². The van der Waals surface area contributed by atoms with E-state index in [0.29, 0.717) is 12.1 Å². The molecule has 1 aliphatic heterocycles. The van der Waals surface area contributed by atoms with Crippen LogP contribution >= 0.6 is 15.9 Å². The maximum absolute atomic E-state index is 5.65. The summed E-state index contributed by atoms with van der Waals surface area (Å²) in [5.74, 6) is 0.799. The summed E-state index contributed by atoms with van der Waals surface area (Å²) in [6.45, 7) is 4.17. The second-order valence-electron chi connectivity index (χ2n) is 3.86. The van der Waals surface area contributed by atoms with Crippen molar-refractivity contribution in [2.24, 2.45) is 0 Å². The molecule has 0 bridgehead atoms. The molecule has 3 unspecified atom stereocenters. The molecule has 82 valence electrons. The molecule has 5 heteroatoms. The SMILES string of the molecule is CC1CC(Nc2cnc(Br)cn2)C(C)O1. The molecular weight excluding hydrogens is 258 g/mol. The van der Waals surface area contributed by atoms with Crippen LogP contribution in [0.4, 0.5) is 5.82 Å². The van der Waals surface area contributed by atoms with Crippen LogP contribution in [0.25, 0.3) is 0 Å². The Morgan fingerprint density at radius 3 is 2.73 bits per heavy atom. The third-order valence-electron chi connectivity index (χ3n) is 2.55. The van der Waals surface area contributed by atoms with Gasteiger partial charge in [0.1, 0.15) is 10.4 Å². The monoisotopic (exact) mass is 271 g/mol. The van der Waals surface area contributed by atoms with Crippen LogP contribution < -0.4 is 5.32 Å². The molecular formula is C10H14BrN3O. The minimum absolute atomic E-state index is 0.227. The Morgan fingerprint density at radius 2 is 2.20 bits per heavy atom. The first-order valence-electron chi connectivity index (χ1n) is 5.04. The van der Waals surface area contributed by atoms with E-state index in [2.05, 4.69) is 45.1 Å². The highest BCUT2D eigenvalue weighted by Gasteiger charge is 2.29. The predicted molar refractivity (Wildman–Crippen MR) is 61.8 cm³/mol. The van der Waals surface area contributed by atoms with E-state index in [0.717, 1.165) is 16.8 Å².